The minimum atomic E-state index is -0.851. The molecule has 2 aliphatic heterocycles. The molecule has 7 heteroatoms. The fourth-order valence-electron chi connectivity index (χ4n) is 4.13. The van der Waals surface area contributed by atoms with Crippen molar-refractivity contribution in [1.29, 1.82) is 0 Å². The smallest absolute Gasteiger partial charge is 0.266 e. The minimum Gasteiger partial charge on any atom is -0.494 e. The van der Waals surface area contributed by atoms with Crippen molar-refractivity contribution < 1.29 is 19.2 Å². The summed E-state index contributed by atoms with van der Waals surface area (Å²) >= 11 is 1.56. The molecule has 3 atom stereocenters. The third-order valence-electron chi connectivity index (χ3n) is 5.53. The van der Waals surface area contributed by atoms with Crippen LogP contribution in [0.1, 0.15) is 24.3 Å². The Hall–Kier alpha value is -3.16. The summed E-state index contributed by atoms with van der Waals surface area (Å²) in [5, 5.41) is 3.69. The van der Waals surface area contributed by atoms with E-state index >= 15 is 0 Å². The number of fused-ring (bicyclic) bond motifs is 1. The normalized spacial score (nSPS) is 22.8. The topological polar surface area (TPSA) is 59.1 Å². The Morgan fingerprint density at radius 1 is 0.935 bits per heavy atom. The summed E-state index contributed by atoms with van der Waals surface area (Å²) < 4.78 is 5.61. The summed E-state index contributed by atoms with van der Waals surface area (Å²) in [5.41, 5.74) is 1.35. The van der Waals surface area contributed by atoms with Crippen LogP contribution in [0.25, 0.3) is 0 Å². The Bertz CT molecular complexity index is 1070. The molecule has 0 aliphatic carbocycles. The monoisotopic (exact) mass is 434 g/mol. The third kappa shape index (κ3) is 3.40. The quantitative estimate of drug-likeness (QED) is 0.531. The number of hydroxylamine groups is 1. The summed E-state index contributed by atoms with van der Waals surface area (Å²) in [4.78, 5) is 35.1. The first-order valence-corrected chi connectivity index (χ1v) is 11.2. The van der Waals surface area contributed by atoms with Gasteiger partial charge in [0.05, 0.1) is 18.0 Å². The van der Waals surface area contributed by atoms with E-state index < -0.39 is 12.0 Å². The lowest BCUT2D eigenvalue weighted by molar-refractivity contribution is -0.126. The van der Waals surface area contributed by atoms with Crippen molar-refractivity contribution in [2.45, 2.75) is 25.5 Å². The SMILES string of the molecule is CCCOc1ccc(N2C(=O)[C@H]3[C@H](ON(c4ccccc4)[C@@H]3c3cccs3)C2=O)cc1. The fraction of sp³-hybridized carbons (Fsp3) is 0.250. The van der Waals surface area contributed by atoms with Crippen LogP contribution >= 0.6 is 11.3 Å². The van der Waals surface area contributed by atoms with Gasteiger partial charge in [0.25, 0.3) is 5.91 Å². The summed E-state index contributed by atoms with van der Waals surface area (Å²) in [7, 11) is 0. The van der Waals surface area contributed by atoms with E-state index in [0.29, 0.717) is 18.0 Å². The number of anilines is 2. The summed E-state index contributed by atoms with van der Waals surface area (Å²) in [6.07, 6.45) is 0.0592. The van der Waals surface area contributed by atoms with Crippen molar-refractivity contribution in [1.82, 2.24) is 0 Å². The molecule has 0 N–H and O–H groups in total. The van der Waals surface area contributed by atoms with Crippen molar-refractivity contribution in [3.05, 3.63) is 77.0 Å². The highest BCUT2D eigenvalue weighted by Gasteiger charge is 2.60. The molecule has 0 saturated carbocycles. The highest BCUT2D eigenvalue weighted by Crippen LogP contribution is 2.48. The van der Waals surface area contributed by atoms with E-state index in [1.807, 2.05) is 54.8 Å². The first-order valence-electron chi connectivity index (χ1n) is 10.3. The molecule has 0 unspecified atom stereocenters. The summed E-state index contributed by atoms with van der Waals surface area (Å²) in [5.74, 6) is -0.471. The van der Waals surface area contributed by atoms with Gasteiger partial charge in [-0.05, 0) is 54.3 Å². The Morgan fingerprint density at radius 3 is 2.39 bits per heavy atom. The van der Waals surface area contributed by atoms with Gasteiger partial charge >= 0.3 is 0 Å². The minimum absolute atomic E-state index is 0.242. The number of benzene rings is 2. The van der Waals surface area contributed by atoms with Gasteiger partial charge in [-0.1, -0.05) is 31.2 Å². The molecule has 0 radical (unpaired) electrons. The predicted molar refractivity (Wildman–Crippen MR) is 119 cm³/mol. The number of hydrogen-bond acceptors (Lipinski definition) is 6. The lowest BCUT2D eigenvalue weighted by Gasteiger charge is -2.27. The number of amides is 2. The van der Waals surface area contributed by atoms with Crippen LogP contribution in [0, 0.1) is 5.92 Å². The molecule has 2 aromatic carbocycles. The second-order valence-electron chi connectivity index (χ2n) is 7.53. The van der Waals surface area contributed by atoms with Crippen molar-refractivity contribution in [2.75, 3.05) is 16.6 Å². The highest BCUT2D eigenvalue weighted by atomic mass is 32.1. The number of ether oxygens (including phenoxy) is 1. The van der Waals surface area contributed by atoms with E-state index in [1.165, 1.54) is 4.90 Å². The molecule has 158 valence electrons. The van der Waals surface area contributed by atoms with Crippen LogP contribution in [0.5, 0.6) is 5.75 Å². The zero-order valence-corrected chi connectivity index (χ0v) is 17.8. The van der Waals surface area contributed by atoms with Gasteiger partial charge in [0.2, 0.25) is 5.91 Å². The van der Waals surface area contributed by atoms with E-state index in [0.717, 1.165) is 17.0 Å². The average molecular weight is 435 g/mol. The van der Waals surface area contributed by atoms with Crippen molar-refractivity contribution in [3.8, 4) is 5.75 Å². The highest BCUT2D eigenvalue weighted by molar-refractivity contribution is 7.10. The lowest BCUT2D eigenvalue weighted by Crippen LogP contribution is -2.37. The second-order valence-corrected chi connectivity index (χ2v) is 8.51. The largest absolute Gasteiger partial charge is 0.494 e. The Balaban J connectivity index is 1.47. The first-order chi connectivity index (χ1) is 15.2. The fourth-order valence-corrected chi connectivity index (χ4v) is 4.98. The van der Waals surface area contributed by atoms with Gasteiger partial charge in [-0.25, -0.2) is 9.96 Å². The average Bonchev–Trinajstić information content (AvgIpc) is 3.51. The van der Waals surface area contributed by atoms with Crippen LogP contribution in [0.3, 0.4) is 0 Å². The number of nitrogens with zero attached hydrogens (tertiary/aromatic N) is 2. The van der Waals surface area contributed by atoms with Crippen LogP contribution < -0.4 is 14.7 Å². The van der Waals surface area contributed by atoms with Crippen molar-refractivity contribution in [3.63, 3.8) is 0 Å². The summed E-state index contributed by atoms with van der Waals surface area (Å²) in [6, 6.07) is 20.2. The molecular formula is C24H22N2O4S. The maximum Gasteiger partial charge on any atom is 0.266 e. The molecule has 2 amide bonds. The van der Waals surface area contributed by atoms with Gasteiger partial charge in [-0.15, -0.1) is 11.3 Å². The summed E-state index contributed by atoms with van der Waals surface area (Å²) in [6.45, 7) is 2.66. The first kappa shape index (κ1) is 19.8. The molecule has 2 saturated heterocycles. The Morgan fingerprint density at radius 2 is 1.71 bits per heavy atom. The molecule has 0 bridgehead atoms. The molecule has 2 aliphatic rings. The van der Waals surface area contributed by atoms with E-state index in [1.54, 1.807) is 40.7 Å². The van der Waals surface area contributed by atoms with Gasteiger partial charge in [0.1, 0.15) is 17.7 Å². The van der Waals surface area contributed by atoms with Crippen molar-refractivity contribution >= 4 is 34.5 Å². The van der Waals surface area contributed by atoms with Gasteiger partial charge in [-0.3, -0.25) is 14.4 Å². The van der Waals surface area contributed by atoms with Crippen LogP contribution in [-0.4, -0.2) is 24.5 Å². The van der Waals surface area contributed by atoms with Gasteiger partial charge in [-0.2, -0.15) is 0 Å². The van der Waals surface area contributed by atoms with Gasteiger partial charge in [0, 0.05) is 4.88 Å². The van der Waals surface area contributed by atoms with Gasteiger partial charge in [0.15, 0.2) is 6.10 Å². The molecule has 0 spiro atoms. The Labute approximate surface area is 184 Å². The number of imide groups is 1. The molecular weight excluding hydrogens is 412 g/mol. The molecule has 3 aromatic rings. The zero-order valence-electron chi connectivity index (χ0n) is 17.0. The van der Waals surface area contributed by atoms with E-state index in [9.17, 15) is 9.59 Å². The molecule has 5 rings (SSSR count). The standard InChI is InChI=1S/C24H22N2O4S/c1-2-14-29-18-12-10-16(11-13-18)25-23(27)20-21(19-9-6-15-31-19)26(30-22(20)24(25)28)17-7-4-3-5-8-17/h3-13,15,20-22H,2,14H2,1H3/t20-,21-,22+/m1/s1. The number of thiophene rings is 1. The van der Waals surface area contributed by atoms with Crippen LogP contribution in [-0.2, 0) is 14.4 Å². The number of carbonyl (C=O) groups excluding carboxylic acids is 2. The maximum atomic E-state index is 13.5. The molecule has 1 aromatic heterocycles. The molecule has 3 heterocycles. The third-order valence-corrected chi connectivity index (χ3v) is 6.47. The van der Waals surface area contributed by atoms with E-state index in [2.05, 4.69) is 0 Å². The number of para-hydroxylation sites is 1. The lowest BCUT2D eigenvalue weighted by atomic mass is 9.95. The van der Waals surface area contributed by atoms with Crippen LogP contribution in [0.4, 0.5) is 11.4 Å². The zero-order chi connectivity index (χ0) is 21.4. The number of hydrogen-bond donors (Lipinski definition) is 0. The van der Waals surface area contributed by atoms with Crippen LogP contribution in [0.15, 0.2) is 72.1 Å². The molecule has 6 nitrogen and oxygen atoms in total. The number of rotatable bonds is 6. The van der Waals surface area contributed by atoms with Crippen LogP contribution in [0.2, 0.25) is 0 Å². The van der Waals surface area contributed by atoms with Gasteiger partial charge < -0.3 is 4.74 Å². The molecule has 31 heavy (non-hydrogen) atoms. The second kappa shape index (κ2) is 8.17. The van der Waals surface area contributed by atoms with Crippen molar-refractivity contribution in [2.24, 2.45) is 5.92 Å². The van der Waals surface area contributed by atoms with E-state index in [4.69, 9.17) is 9.57 Å². The Kier molecular flexibility index (Phi) is 5.21. The number of carbonyl (C=O) groups is 2. The maximum absolute atomic E-state index is 13.5. The molecule has 2 fully saturated rings. The predicted octanol–water partition coefficient (Wildman–Crippen LogP) is 4.59. The van der Waals surface area contributed by atoms with E-state index in [-0.39, 0.29) is 17.9 Å².